The standard InChI is InChI=1S/C14H17NO3/c16-13(17)7-3-4-9-15-10-8-11-5-1-2-6-12(11)14(15)18/h1-2,5-6H,3-4,7-10H2,(H,16,17). The number of hydrogen-bond donors (Lipinski definition) is 1. The number of hydrogen-bond acceptors (Lipinski definition) is 2. The lowest BCUT2D eigenvalue weighted by Crippen LogP contribution is -2.38. The van der Waals surface area contributed by atoms with E-state index in [2.05, 4.69) is 0 Å². The fourth-order valence-corrected chi connectivity index (χ4v) is 2.27. The lowest BCUT2D eigenvalue weighted by molar-refractivity contribution is -0.137. The second-order valence-corrected chi connectivity index (χ2v) is 4.55. The summed E-state index contributed by atoms with van der Waals surface area (Å²) in [5.74, 6) is -0.697. The SMILES string of the molecule is O=C(O)CCCCN1CCc2ccccc2C1=O. The molecular weight excluding hydrogens is 230 g/mol. The van der Waals surface area contributed by atoms with Crippen LogP contribution >= 0.6 is 0 Å². The largest absolute Gasteiger partial charge is 0.481 e. The Morgan fingerprint density at radius 1 is 1.28 bits per heavy atom. The van der Waals surface area contributed by atoms with Gasteiger partial charge in [0.15, 0.2) is 0 Å². The highest BCUT2D eigenvalue weighted by Gasteiger charge is 2.22. The summed E-state index contributed by atoms with van der Waals surface area (Å²) in [4.78, 5) is 24.4. The summed E-state index contributed by atoms with van der Waals surface area (Å²) in [6.07, 6.45) is 2.44. The van der Waals surface area contributed by atoms with E-state index in [0.717, 1.165) is 30.5 Å². The third-order valence-corrected chi connectivity index (χ3v) is 3.25. The van der Waals surface area contributed by atoms with Gasteiger partial charge in [-0.15, -0.1) is 0 Å². The van der Waals surface area contributed by atoms with Crippen LogP contribution in [0, 0.1) is 0 Å². The maximum Gasteiger partial charge on any atom is 0.303 e. The van der Waals surface area contributed by atoms with E-state index in [0.29, 0.717) is 13.0 Å². The predicted octanol–water partition coefficient (Wildman–Crippen LogP) is 1.94. The van der Waals surface area contributed by atoms with Gasteiger partial charge in [-0.1, -0.05) is 18.2 Å². The molecule has 18 heavy (non-hydrogen) atoms. The number of rotatable bonds is 5. The number of fused-ring (bicyclic) bond motifs is 1. The molecule has 4 nitrogen and oxygen atoms in total. The lowest BCUT2D eigenvalue weighted by atomic mass is 9.99. The highest BCUT2D eigenvalue weighted by molar-refractivity contribution is 5.96. The van der Waals surface area contributed by atoms with Gasteiger partial charge in [-0.3, -0.25) is 9.59 Å². The van der Waals surface area contributed by atoms with E-state index in [-0.39, 0.29) is 12.3 Å². The minimum atomic E-state index is -0.773. The van der Waals surface area contributed by atoms with Crippen LogP contribution in [-0.4, -0.2) is 35.0 Å². The molecule has 1 amide bonds. The van der Waals surface area contributed by atoms with Crippen LogP contribution in [0.2, 0.25) is 0 Å². The Hall–Kier alpha value is -1.84. The Bertz CT molecular complexity index is 456. The van der Waals surface area contributed by atoms with Crippen LogP contribution in [0.15, 0.2) is 24.3 Å². The summed E-state index contributed by atoms with van der Waals surface area (Å²) < 4.78 is 0. The Morgan fingerprint density at radius 2 is 2.06 bits per heavy atom. The Labute approximate surface area is 106 Å². The van der Waals surface area contributed by atoms with E-state index in [1.807, 2.05) is 29.2 Å². The third-order valence-electron chi connectivity index (χ3n) is 3.25. The van der Waals surface area contributed by atoms with Gasteiger partial charge in [0, 0.05) is 25.1 Å². The van der Waals surface area contributed by atoms with Crippen LogP contribution < -0.4 is 0 Å². The van der Waals surface area contributed by atoms with Crippen molar-refractivity contribution in [3.8, 4) is 0 Å². The molecule has 1 heterocycles. The summed E-state index contributed by atoms with van der Waals surface area (Å²) in [5.41, 5.74) is 1.91. The van der Waals surface area contributed by atoms with Crippen LogP contribution in [0.25, 0.3) is 0 Å². The zero-order chi connectivity index (χ0) is 13.0. The molecule has 1 aliphatic rings. The van der Waals surface area contributed by atoms with E-state index in [1.54, 1.807) is 0 Å². The minimum Gasteiger partial charge on any atom is -0.481 e. The fraction of sp³-hybridized carbons (Fsp3) is 0.429. The van der Waals surface area contributed by atoms with E-state index in [4.69, 9.17) is 5.11 Å². The maximum atomic E-state index is 12.2. The van der Waals surface area contributed by atoms with Crippen LogP contribution in [0.3, 0.4) is 0 Å². The predicted molar refractivity (Wildman–Crippen MR) is 67.5 cm³/mol. The maximum absolute atomic E-state index is 12.2. The quantitative estimate of drug-likeness (QED) is 0.809. The fourth-order valence-electron chi connectivity index (χ4n) is 2.27. The summed E-state index contributed by atoms with van der Waals surface area (Å²) in [6.45, 7) is 1.39. The number of unbranched alkanes of at least 4 members (excludes halogenated alkanes) is 1. The van der Waals surface area contributed by atoms with Crippen molar-refractivity contribution >= 4 is 11.9 Å². The van der Waals surface area contributed by atoms with Crippen LogP contribution in [0.5, 0.6) is 0 Å². The van der Waals surface area contributed by atoms with Crippen molar-refractivity contribution in [3.63, 3.8) is 0 Å². The van der Waals surface area contributed by atoms with E-state index in [1.165, 1.54) is 0 Å². The third kappa shape index (κ3) is 2.88. The first-order chi connectivity index (χ1) is 8.68. The van der Waals surface area contributed by atoms with Gasteiger partial charge in [-0.05, 0) is 30.9 Å². The van der Waals surface area contributed by atoms with Crippen molar-refractivity contribution < 1.29 is 14.7 Å². The molecule has 4 heteroatoms. The molecule has 0 saturated heterocycles. The lowest BCUT2D eigenvalue weighted by Gasteiger charge is -2.28. The van der Waals surface area contributed by atoms with Crippen LogP contribution in [-0.2, 0) is 11.2 Å². The average Bonchev–Trinajstić information content (AvgIpc) is 2.37. The van der Waals surface area contributed by atoms with Gasteiger partial charge in [-0.2, -0.15) is 0 Å². The topological polar surface area (TPSA) is 57.6 Å². The Kier molecular flexibility index (Phi) is 3.97. The molecule has 0 unspecified atom stereocenters. The Morgan fingerprint density at radius 3 is 2.83 bits per heavy atom. The van der Waals surface area contributed by atoms with Gasteiger partial charge in [0.1, 0.15) is 0 Å². The first kappa shape index (κ1) is 12.6. The molecule has 0 atom stereocenters. The van der Waals surface area contributed by atoms with Gasteiger partial charge in [0.2, 0.25) is 0 Å². The summed E-state index contributed by atoms with van der Waals surface area (Å²) >= 11 is 0. The molecule has 0 fully saturated rings. The van der Waals surface area contributed by atoms with E-state index in [9.17, 15) is 9.59 Å². The van der Waals surface area contributed by atoms with Gasteiger partial charge < -0.3 is 10.0 Å². The van der Waals surface area contributed by atoms with Crippen molar-refractivity contribution in [2.75, 3.05) is 13.1 Å². The number of carboxylic acids is 1. The second kappa shape index (κ2) is 5.67. The monoisotopic (exact) mass is 247 g/mol. The number of amides is 1. The van der Waals surface area contributed by atoms with Crippen LogP contribution in [0.1, 0.15) is 35.2 Å². The first-order valence-electron chi connectivity index (χ1n) is 6.27. The molecule has 1 N–H and O–H groups in total. The number of nitrogens with zero attached hydrogens (tertiary/aromatic N) is 1. The smallest absolute Gasteiger partial charge is 0.303 e. The number of carbonyl (C=O) groups is 2. The highest BCUT2D eigenvalue weighted by Crippen LogP contribution is 2.18. The summed E-state index contributed by atoms with van der Waals surface area (Å²) in [7, 11) is 0. The van der Waals surface area contributed by atoms with Gasteiger partial charge in [-0.25, -0.2) is 0 Å². The van der Waals surface area contributed by atoms with Gasteiger partial charge >= 0.3 is 5.97 Å². The van der Waals surface area contributed by atoms with Gasteiger partial charge in [0.05, 0.1) is 0 Å². The number of aliphatic carboxylic acids is 1. The molecule has 1 aromatic carbocycles. The molecule has 96 valence electrons. The molecule has 0 radical (unpaired) electrons. The van der Waals surface area contributed by atoms with E-state index >= 15 is 0 Å². The molecular formula is C14H17NO3. The molecule has 0 aliphatic carbocycles. The average molecular weight is 247 g/mol. The van der Waals surface area contributed by atoms with Crippen LogP contribution in [0.4, 0.5) is 0 Å². The van der Waals surface area contributed by atoms with E-state index < -0.39 is 5.97 Å². The summed E-state index contributed by atoms with van der Waals surface area (Å²) in [5, 5.41) is 8.55. The highest BCUT2D eigenvalue weighted by atomic mass is 16.4. The molecule has 0 spiro atoms. The number of carboxylic acid groups (broad SMARTS) is 1. The van der Waals surface area contributed by atoms with Crippen molar-refractivity contribution in [1.29, 1.82) is 0 Å². The molecule has 1 aliphatic heterocycles. The minimum absolute atomic E-state index is 0.0761. The molecule has 0 saturated carbocycles. The number of benzene rings is 1. The van der Waals surface area contributed by atoms with Gasteiger partial charge in [0.25, 0.3) is 5.91 Å². The zero-order valence-corrected chi connectivity index (χ0v) is 10.3. The van der Waals surface area contributed by atoms with Crippen molar-refractivity contribution in [1.82, 2.24) is 4.90 Å². The molecule has 1 aromatic rings. The molecule has 2 rings (SSSR count). The van der Waals surface area contributed by atoms with Crippen molar-refractivity contribution in [2.24, 2.45) is 0 Å². The molecule has 0 bridgehead atoms. The first-order valence-corrected chi connectivity index (χ1v) is 6.27. The summed E-state index contributed by atoms with van der Waals surface area (Å²) in [6, 6.07) is 7.69. The van der Waals surface area contributed by atoms with Crippen molar-refractivity contribution in [3.05, 3.63) is 35.4 Å². The molecule has 0 aromatic heterocycles. The van der Waals surface area contributed by atoms with Crippen molar-refractivity contribution in [2.45, 2.75) is 25.7 Å². The number of carbonyl (C=O) groups excluding carboxylic acids is 1. The second-order valence-electron chi connectivity index (χ2n) is 4.55. The normalized spacial score (nSPS) is 14.4. The Balaban J connectivity index is 1.89. The zero-order valence-electron chi connectivity index (χ0n) is 10.3.